The van der Waals surface area contributed by atoms with Crippen LogP contribution in [0.25, 0.3) is 0 Å². The van der Waals surface area contributed by atoms with Gasteiger partial charge in [0.15, 0.2) is 5.78 Å². The number of para-hydroxylation sites is 2. The molecule has 1 atom stereocenters. The molecular weight excluding hydrogens is 422 g/mol. The lowest BCUT2D eigenvalue weighted by molar-refractivity contribution is -0.125. The molecule has 168 valence electrons. The third-order valence-electron chi connectivity index (χ3n) is 5.79. The normalized spacial score (nSPS) is 18.0. The standard InChI is InChI=1S/C25H29N3O3S/c1-16(2)15-26-22(30)12-13-23(31)28-19-9-4-3-7-17(19)27-18-8-5-10-20(29)24(18)25(28)21-11-6-14-32-21/h3-4,6-7,9,11,14,16,25,27H,5,8,10,12-13,15H2,1-2H3,(H,26,30)/t25-/m0/s1. The molecule has 0 bridgehead atoms. The molecule has 2 N–H and O–H groups in total. The van der Waals surface area contributed by atoms with Gasteiger partial charge in [0.05, 0.1) is 11.4 Å². The second-order valence-electron chi connectivity index (χ2n) is 8.69. The fourth-order valence-corrected chi connectivity index (χ4v) is 5.10. The lowest BCUT2D eigenvalue weighted by Crippen LogP contribution is -2.38. The first-order chi connectivity index (χ1) is 15.5. The van der Waals surface area contributed by atoms with Crippen LogP contribution in [0.5, 0.6) is 0 Å². The Kier molecular flexibility index (Phi) is 6.74. The van der Waals surface area contributed by atoms with Crippen LogP contribution in [0.15, 0.2) is 53.0 Å². The average molecular weight is 452 g/mol. The minimum atomic E-state index is -0.486. The van der Waals surface area contributed by atoms with Gasteiger partial charge in [-0.15, -0.1) is 11.3 Å². The van der Waals surface area contributed by atoms with Gasteiger partial charge in [0.25, 0.3) is 0 Å². The van der Waals surface area contributed by atoms with Crippen LogP contribution in [-0.2, 0) is 14.4 Å². The van der Waals surface area contributed by atoms with Crippen LogP contribution in [0, 0.1) is 5.92 Å². The molecule has 0 unspecified atom stereocenters. The molecule has 2 amide bonds. The molecule has 0 saturated heterocycles. The van der Waals surface area contributed by atoms with E-state index in [0.29, 0.717) is 24.5 Å². The largest absolute Gasteiger partial charge is 0.357 e. The molecule has 2 aliphatic rings. The van der Waals surface area contributed by atoms with Gasteiger partial charge in [-0.05, 0) is 42.3 Å². The maximum atomic E-state index is 13.6. The van der Waals surface area contributed by atoms with Gasteiger partial charge in [-0.2, -0.15) is 0 Å². The molecule has 2 heterocycles. The monoisotopic (exact) mass is 451 g/mol. The number of allylic oxidation sites excluding steroid dienone is 1. The first-order valence-corrected chi connectivity index (χ1v) is 12.1. The van der Waals surface area contributed by atoms with E-state index in [9.17, 15) is 14.4 Å². The molecule has 1 aromatic heterocycles. The van der Waals surface area contributed by atoms with Crippen LogP contribution in [0.2, 0.25) is 0 Å². The summed E-state index contributed by atoms with van der Waals surface area (Å²) in [6, 6.07) is 11.1. The van der Waals surface area contributed by atoms with Gasteiger partial charge in [0.2, 0.25) is 11.8 Å². The van der Waals surface area contributed by atoms with E-state index in [0.717, 1.165) is 34.8 Å². The lowest BCUT2D eigenvalue weighted by Gasteiger charge is -2.33. The Labute approximate surface area is 192 Å². The predicted molar refractivity (Wildman–Crippen MR) is 128 cm³/mol. The smallest absolute Gasteiger partial charge is 0.228 e. The van der Waals surface area contributed by atoms with Gasteiger partial charge in [-0.1, -0.05) is 32.0 Å². The molecule has 0 fully saturated rings. The lowest BCUT2D eigenvalue weighted by atomic mass is 9.88. The molecule has 4 rings (SSSR count). The number of benzene rings is 1. The van der Waals surface area contributed by atoms with Crippen LogP contribution >= 0.6 is 11.3 Å². The van der Waals surface area contributed by atoms with Gasteiger partial charge in [-0.25, -0.2) is 0 Å². The summed E-state index contributed by atoms with van der Waals surface area (Å²) in [6.45, 7) is 4.65. The van der Waals surface area contributed by atoms with E-state index >= 15 is 0 Å². The van der Waals surface area contributed by atoms with Crippen molar-refractivity contribution < 1.29 is 14.4 Å². The summed E-state index contributed by atoms with van der Waals surface area (Å²) in [5, 5.41) is 8.30. The third kappa shape index (κ3) is 4.63. The van der Waals surface area contributed by atoms with E-state index in [2.05, 4.69) is 10.6 Å². The Balaban J connectivity index is 1.72. The van der Waals surface area contributed by atoms with Gasteiger partial charge in [-0.3, -0.25) is 19.3 Å². The molecule has 1 aliphatic heterocycles. The number of rotatable bonds is 6. The Hall–Kier alpha value is -2.93. The van der Waals surface area contributed by atoms with Crippen LogP contribution in [0.3, 0.4) is 0 Å². The van der Waals surface area contributed by atoms with E-state index in [1.54, 1.807) is 16.2 Å². The maximum Gasteiger partial charge on any atom is 0.228 e. The van der Waals surface area contributed by atoms with Crippen molar-refractivity contribution in [1.29, 1.82) is 0 Å². The van der Waals surface area contributed by atoms with Crippen molar-refractivity contribution in [2.45, 2.75) is 52.0 Å². The van der Waals surface area contributed by atoms with E-state index in [4.69, 9.17) is 0 Å². The van der Waals surface area contributed by atoms with Crippen molar-refractivity contribution in [1.82, 2.24) is 5.32 Å². The molecular formula is C25H29N3O3S. The number of amides is 2. The maximum absolute atomic E-state index is 13.6. The van der Waals surface area contributed by atoms with E-state index in [1.807, 2.05) is 55.6 Å². The molecule has 7 heteroatoms. The summed E-state index contributed by atoms with van der Waals surface area (Å²) < 4.78 is 0. The fraction of sp³-hybridized carbons (Fsp3) is 0.400. The van der Waals surface area contributed by atoms with Crippen molar-refractivity contribution in [2.24, 2.45) is 5.92 Å². The van der Waals surface area contributed by atoms with E-state index in [-0.39, 0.29) is 30.4 Å². The zero-order valence-corrected chi connectivity index (χ0v) is 19.3. The average Bonchev–Trinajstić information content (AvgIpc) is 3.25. The second kappa shape index (κ2) is 9.69. The van der Waals surface area contributed by atoms with Crippen molar-refractivity contribution in [3.8, 4) is 0 Å². The molecule has 1 aliphatic carbocycles. The molecule has 0 spiro atoms. The SMILES string of the molecule is CC(C)CNC(=O)CCC(=O)N1c2ccccc2NC2=C(C(=O)CCC2)[C@@H]1c1cccs1. The number of nitrogens with zero attached hydrogens (tertiary/aromatic N) is 1. The van der Waals surface area contributed by atoms with Crippen LogP contribution in [0.4, 0.5) is 11.4 Å². The number of fused-ring (bicyclic) bond motifs is 1. The summed E-state index contributed by atoms with van der Waals surface area (Å²) >= 11 is 1.54. The number of carbonyl (C=O) groups excluding carboxylic acids is 3. The third-order valence-corrected chi connectivity index (χ3v) is 6.72. The minimum Gasteiger partial charge on any atom is -0.357 e. The highest BCUT2D eigenvalue weighted by Gasteiger charge is 2.39. The van der Waals surface area contributed by atoms with Crippen LogP contribution < -0.4 is 15.5 Å². The Morgan fingerprint density at radius 3 is 2.72 bits per heavy atom. The fourth-order valence-electron chi connectivity index (χ4n) is 4.27. The van der Waals surface area contributed by atoms with Crippen molar-refractivity contribution in [3.63, 3.8) is 0 Å². The summed E-state index contributed by atoms with van der Waals surface area (Å²) in [4.78, 5) is 41.7. The Morgan fingerprint density at radius 1 is 1.16 bits per heavy atom. The summed E-state index contributed by atoms with van der Waals surface area (Å²) in [5.41, 5.74) is 3.12. The van der Waals surface area contributed by atoms with E-state index in [1.165, 1.54) is 0 Å². The summed E-state index contributed by atoms with van der Waals surface area (Å²) in [7, 11) is 0. The highest BCUT2D eigenvalue weighted by molar-refractivity contribution is 7.10. The van der Waals surface area contributed by atoms with Gasteiger partial charge in [0, 0.05) is 42.0 Å². The minimum absolute atomic E-state index is 0.0803. The topological polar surface area (TPSA) is 78.5 Å². The number of anilines is 2. The number of Topliss-reactive ketones (excluding diaryl/α,β-unsaturated/α-hetero) is 1. The van der Waals surface area contributed by atoms with Crippen molar-refractivity contribution in [3.05, 3.63) is 57.9 Å². The highest BCUT2D eigenvalue weighted by atomic mass is 32.1. The van der Waals surface area contributed by atoms with Crippen molar-refractivity contribution in [2.75, 3.05) is 16.8 Å². The number of ketones is 1. The first-order valence-electron chi connectivity index (χ1n) is 11.2. The molecule has 0 saturated carbocycles. The highest BCUT2D eigenvalue weighted by Crippen LogP contribution is 2.46. The van der Waals surface area contributed by atoms with Gasteiger partial charge in [0.1, 0.15) is 6.04 Å². The molecule has 0 radical (unpaired) electrons. The first kappa shape index (κ1) is 22.3. The van der Waals surface area contributed by atoms with Crippen LogP contribution in [0.1, 0.15) is 56.9 Å². The second-order valence-corrected chi connectivity index (χ2v) is 9.67. The number of nitrogens with one attached hydrogen (secondary N) is 2. The molecule has 32 heavy (non-hydrogen) atoms. The Bertz CT molecular complexity index is 1040. The number of hydrogen-bond donors (Lipinski definition) is 2. The number of carbonyl (C=O) groups is 3. The zero-order chi connectivity index (χ0) is 22.7. The molecule has 2 aromatic rings. The number of hydrogen-bond acceptors (Lipinski definition) is 5. The van der Waals surface area contributed by atoms with Crippen LogP contribution in [-0.4, -0.2) is 24.1 Å². The summed E-state index contributed by atoms with van der Waals surface area (Å²) in [6.07, 6.45) is 2.26. The molecule has 1 aromatic carbocycles. The summed E-state index contributed by atoms with van der Waals surface area (Å²) in [5.74, 6) is 0.139. The van der Waals surface area contributed by atoms with Crippen molar-refractivity contribution >= 4 is 40.3 Å². The van der Waals surface area contributed by atoms with E-state index < -0.39 is 6.04 Å². The van der Waals surface area contributed by atoms with Gasteiger partial charge >= 0.3 is 0 Å². The Morgan fingerprint density at radius 2 is 1.97 bits per heavy atom. The number of thiophene rings is 1. The predicted octanol–water partition coefficient (Wildman–Crippen LogP) is 4.81. The quantitative estimate of drug-likeness (QED) is 0.661. The van der Waals surface area contributed by atoms with Gasteiger partial charge < -0.3 is 10.6 Å². The molecule has 6 nitrogen and oxygen atoms in total. The zero-order valence-electron chi connectivity index (χ0n) is 18.5.